The van der Waals surface area contributed by atoms with Crippen LogP contribution in [0.5, 0.6) is 0 Å². The molecule has 0 aliphatic heterocycles. The third-order valence-corrected chi connectivity index (χ3v) is 5.12. The predicted octanol–water partition coefficient (Wildman–Crippen LogP) is 4.49. The highest BCUT2D eigenvalue weighted by Gasteiger charge is 2.28. The Morgan fingerprint density at radius 1 is 1.24 bits per heavy atom. The SMILES string of the molecule is CC(CCN(Cc1ccsc1)C1CC1)c1ccc(N)cc1. The first kappa shape index (κ1) is 14.6. The maximum atomic E-state index is 5.77. The lowest BCUT2D eigenvalue weighted by Gasteiger charge is -2.23. The molecule has 0 spiro atoms. The van der Waals surface area contributed by atoms with Gasteiger partial charge in [0.15, 0.2) is 0 Å². The van der Waals surface area contributed by atoms with Crippen molar-refractivity contribution in [2.24, 2.45) is 0 Å². The largest absolute Gasteiger partial charge is 0.399 e. The smallest absolute Gasteiger partial charge is 0.0314 e. The minimum absolute atomic E-state index is 0.592. The summed E-state index contributed by atoms with van der Waals surface area (Å²) in [5, 5.41) is 4.45. The quantitative estimate of drug-likeness (QED) is 0.763. The number of hydrogen-bond acceptors (Lipinski definition) is 3. The van der Waals surface area contributed by atoms with E-state index in [1.165, 1.54) is 36.9 Å². The number of nitrogens with two attached hydrogens (primary N) is 1. The first-order valence-corrected chi connectivity index (χ1v) is 8.77. The topological polar surface area (TPSA) is 29.3 Å². The molecule has 2 nitrogen and oxygen atoms in total. The molecule has 0 radical (unpaired) electrons. The van der Waals surface area contributed by atoms with Crippen LogP contribution >= 0.6 is 11.3 Å². The summed E-state index contributed by atoms with van der Waals surface area (Å²) in [4.78, 5) is 2.66. The van der Waals surface area contributed by atoms with E-state index in [0.717, 1.165) is 18.3 Å². The number of benzene rings is 1. The minimum atomic E-state index is 0.592. The van der Waals surface area contributed by atoms with E-state index >= 15 is 0 Å². The summed E-state index contributed by atoms with van der Waals surface area (Å²) in [6.07, 6.45) is 3.96. The standard InChI is InChI=1S/C18H24N2S/c1-14(16-2-4-17(19)5-3-16)8-10-20(18-6-7-18)12-15-9-11-21-13-15/h2-5,9,11,13-14,18H,6-8,10,12,19H2,1H3. The van der Waals surface area contributed by atoms with Crippen LogP contribution in [0.3, 0.4) is 0 Å². The average molecular weight is 300 g/mol. The van der Waals surface area contributed by atoms with E-state index in [4.69, 9.17) is 5.73 Å². The highest BCUT2D eigenvalue weighted by Crippen LogP contribution is 2.30. The summed E-state index contributed by atoms with van der Waals surface area (Å²) >= 11 is 1.80. The van der Waals surface area contributed by atoms with E-state index < -0.39 is 0 Å². The molecule has 21 heavy (non-hydrogen) atoms. The third kappa shape index (κ3) is 4.08. The van der Waals surface area contributed by atoms with Gasteiger partial charge in [-0.2, -0.15) is 11.3 Å². The lowest BCUT2D eigenvalue weighted by molar-refractivity contribution is 0.246. The Labute approximate surface area is 131 Å². The van der Waals surface area contributed by atoms with Crippen molar-refractivity contribution in [1.29, 1.82) is 0 Å². The van der Waals surface area contributed by atoms with Crippen LogP contribution in [0.25, 0.3) is 0 Å². The minimum Gasteiger partial charge on any atom is -0.399 e. The Morgan fingerprint density at radius 2 is 2.00 bits per heavy atom. The zero-order valence-electron chi connectivity index (χ0n) is 12.7. The van der Waals surface area contributed by atoms with Gasteiger partial charge in [0.05, 0.1) is 0 Å². The van der Waals surface area contributed by atoms with Crippen LogP contribution in [-0.4, -0.2) is 17.5 Å². The molecule has 3 heteroatoms. The molecule has 1 aliphatic carbocycles. The number of nitrogens with zero attached hydrogens (tertiary/aromatic N) is 1. The molecule has 1 heterocycles. The second kappa shape index (κ2) is 6.63. The summed E-state index contributed by atoms with van der Waals surface area (Å²) in [5.41, 5.74) is 9.48. The van der Waals surface area contributed by atoms with E-state index in [1.807, 2.05) is 12.1 Å². The first-order valence-electron chi connectivity index (χ1n) is 7.83. The molecule has 112 valence electrons. The van der Waals surface area contributed by atoms with Gasteiger partial charge in [0.1, 0.15) is 0 Å². The highest BCUT2D eigenvalue weighted by atomic mass is 32.1. The van der Waals surface area contributed by atoms with Gasteiger partial charge in [-0.15, -0.1) is 0 Å². The lowest BCUT2D eigenvalue weighted by atomic mass is 9.97. The summed E-state index contributed by atoms with van der Waals surface area (Å²) < 4.78 is 0. The maximum absolute atomic E-state index is 5.77. The van der Waals surface area contributed by atoms with Crippen molar-refractivity contribution in [3.63, 3.8) is 0 Å². The Morgan fingerprint density at radius 3 is 2.62 bits per heavy atom. The normalized spacial score (nSPS) is 16.3. The number of nitrogen functional groups attached to an aromatic ring is 1. The fraction of sp³-hybridized carbons (Fsp3) is 0.444. The second-order valence-electron chi connectivity index (χ2n) is 6.19. The Bertz CT molecular complexity index is 543. The predicted molar refractivity (Wildman–Crippen MR) is 91.6 cm³/mol. The maximum Gasteiger partial charge on any atom is 0.0314 e. The summed E-state index contributed by atoms with van der Waals surface area (Å²) in [6, 6.07) is 11.4. The fourth-order valence-electron chi connectivity index (χ4n) is 2.80. The molecular formula is C18H24N2S. The molecule has 0 amide bonds. The fourth-order valence-corrected chi connectivity index (χ4v) is 3.46. The highest BCUT2D eigenvalue weighted by molar-refractivity contribution is 7.07. The third-order valence-electron chi connectivity index (χ3n) is 4.38. The average Bonchev–Trinajstić information content (AvgIpc) is 3.21. The monoisotopic (exact) mass is 300 g/mol. The van der Waals surface area contributed by atoms with Crippen LogP contribution in [0, 0.1) is 0 Å². The van der Waals surface area contributed by atoms with Gasteiger partial charge in [0.25, 0.3) is 0 Å². The van der Waals surface area contributed by atoms with E-state index in [2.05, 4.69) is 40.8 Å². The number of anilines is 1. The molecular weight excluding hydrogens is 276 g/mol. The van der Waals surface area contributed by atoms with Gasteiger partial charge >= 0.3 is 0 Å². The summed E-state index contributed by atoms with van der Waals surface area (Å²) in [5.74, 6) is 0.592. The molecule has 0 saturated heterocycles. The van der Waals surface area contributed by atoms with Gasteiger partial charge in [0, 0.05) is 18.3 Å². The van der Waals surface area contributed by atoms with E-state index in [0.29, 0.717) is 5.92 Å². The summed E-state index contributed by atoms with van der Waals surface area (Å²) in [6.45, 7) is 4.62. The molecule has 1 aromatic carbocycles. The lowest BCUT2D eigenvalue weighted by Crippen LogP contribution is -2.27. The molecule has 1 aliphatic rings. The van der Waals surface area contributed by atoms with Gasteiger partial charge in [-0.05, 0) is 71.8 Å². The van der Waals surface area contributed by atoms with Gasteiger partial charge in [0.2, 0.25) is 0 Å². The van der Waals surface area contributed by atoms with E-state index in [-0.39, 0.29) is 0 Å². The Kier molecular flexibility index (Phi) is 4.61. The van der Waals surface area contributed by atoms with Crippen LogP contribution < -0.4 is 5.73 Å². The number of hydrogen-bond donors (Lipinski definition) is 1. The van der Waals surface area contributed by atoms with Gasteiger partial charge < -0.3 is 5.73 Å². The molecule has 0 bridgehead atoms. The zero-order chi connectivity index (χ0) is 14.7. The van der Waals surface area contributed by atoms with Crippen molar-refractivity contribution in [3.8, 4) is 0 Å². The van der Waals surface area contributed by atoms with Crippen LogP contribution in [0.2, 0.25) is 0 Å². The van der Waals surface area contributed by atoms with Crippen molar-refractivity contribution < 1.29 is 0 Å². The van der Waals surface area contributed by atoms with Gasteiger partial charge in [-0.25, -0.2) is 0 Å². The van der Waals surface area contributed by atoms with Crippen molar-refractivity contribution in [3.05, 3.63) is 52.2 Å². The Hall–Kier alpha value is -1.32. The molecule has 1 unspecified atom stereocenters. The van der Waals surface area contributed by atoms with Gasteiger partial charge in [-0.1, -0.05) is 19.1 Å². The van der Waals surface area contributed by atoms with Crippen LogP contribution in [0.1, 0.15) is 43.2 Å². The number of rotatable bonds is 7. The molecule has 2 N–H and O–H groups in total. The van der Waals surface area contributed by atoms with Crippen LogP contribution in [0.15, 0.2) is 41.1 Å². The van der Waals surface area contributed by atoms with Crippen molar-refractivity contribution in [1.82, 2.24) is 4.90 Å². The Balaban J connectivity index is 1.55. The van der Waals surface area contributed by atoms with Crippen LogP contribution in [-0.2, 0) is 6.54 Å². The van der Waals surface area contributed by atoms with E-state index in [1.54, 1.807) is 11.3 Å². The second-order valence-corrected chi connectivity index (χ2v) is 6.97. The molecule has 2 aromatic rings. The molecule has 1 atom stereocenters. The molecule has 3 rings (SSSR count). The van der Waals surface area contributed by atoms with Crippen molar-refractivity contribution in [2.75, 3.05) is 12.3 Å². The van der Waals surface area contributed by atoms with Crippen molar-refractivity contribution in [2.45, 2.75) is 44.7 Å². The van der Waals surface area contributed by atoms with Gasteiger partial charge in [-0.3, -0.25) is 4.90 Å². The molecule has 1 aromatic heterocycles. The molecule has 1 fully saturated rings. The van der Waals surface area contributed by atoms with Crippen LogP contribution in [0.4, 0.5) is 5.69 Å². The zero-order valence-corrected chi connectivity index (χ0v) is 13.5. The summed E-state index contributed by atoms with van der Waals surface area (Å²) in [7, 11) is 0. The molecule has 1 saturated carbocycles. The number of thiophene rings is 1. The van der Waals surface area contributed by atoms with Crippen molar-refractivity contribution >= 4 is 17.0 Å². The first-order chi connectivity index (χ1) is 10.2. The van der Waals surface area contributed by atoms with E-state index in [9.17, 15) is 0 Å².